The summed E-state index contributed by atoms with van der Waals surface area (Å²) in [7, 11) is 0. The van der Waals surface area contributed by atoms with Gasteiger partial charge in [0.15, 0.2) is 0 Å². The third kappa shape index (κ3) is 3.91. The van der Waals surface area contributed by atoms with E-state index in [-0.39, 0.29) is 24.1 Å². The topological polar surface area (TPSA) is 58.6 Å². The van der Waals surface area contributed by atoms with E-state index in [0.29, 0.717) is 36.6 Å². The largest absolute Gasteiger partial charge is 0.494 e. The number of rotatable bonds is 7. The van der Waals surface area contributed by atoms with Crippen molar-refractivity contribution in [3.05, 3.63) is 59.9 Å². The molecule has 26 heavy (non-hydrogen) atoms. The molecule has 136 valence electrons. The number of benzene rings is 2. The first-order chi connectivity index (χ1) is 12.6. The number of carbonyl (C=O) groups is 2. The first-order valence-corrected chi connectivity index (χ1v) is 8.66. The number of nitrogens with zero attached hydrogens (tertiary/aromatic N) is 1. The molecule has 1 aliphatic rings. The second kappa shape index (κ2) is 8.10. The molecule has 0 saturated carbocycles. The molecule has 2 amide bonds. The van der Waals surface area contributed by atoms with Gasteiger partial charge >= 0.3 is 0 Å². The lowest BCUT2D eigenvalue weighted by Crippen LogP contribution is -2.39. The molecule has 1 unspecified atom stereocenters. The van der Waals surface area contributed by atoms with E-state index in [9.17, 15) is 14.0 Å². The number of imide groups is 1. The van der Waals surface area contributed by atoms with Crippen molar-refractivity contribution in [2.24, 2.45) is 0 Å². The monoisotopic (exact) mass is 356 g/mol. The van der Waals surface area contributed by atoms with Crippen LogP contribution in [-0.2, 0) is 16.0 Å². The summed E-state index contributed by atoms with van der Waals surface area (Å²) in [4.78, 5) is 26.0. The van der Waals surface area contributed by atoms with E-state index in [2.05, 4.69) is 5.32 Å². The normalized spacial score (nSPS) is 17.0. The molecule has 0 bridgehead atoms. The van der Waals surface area contributed by atoms with Crippen LogP contribution in [0, 0.1) is 5.82 Å². The van der Waals surface area contributed by atoms with Gasteiger partial charge in [0.1, 0.15) is 11.6 Å². The summed E-state index contributed by atoms with van der Waals surface area (Å²) in [5, 5.41) is 3.07. The van der Waals surface area contributed by atoms with Crippen LogP contribution in [0.4, 0.5) is 10.1 Å². The molecule has 2 aromatic carbocycles. The Hall–Kier alpha value is -2.73. The van der Waals surface area contributed by atoms with Gasteiger partial charge < -0.3 is 10.1 Å². The summed E-state index contributed by atoms with van der Waals surface area (Å²) in [5.74, 6) is -0.107. The molecule has 1 fully saturated rings. The van der Waals surface area contributed by atoms with Crippen LogP contribution in [0.1, 0.15) is 18.9 Å². The van der Waals surface area contributed by atoms with Crippen molar-refractivity contribution >= 4 is 17.5 Å². The van der Waals surface area contributed by atoms with Crippen molar-refractivity contribution in [3.63, 3.8) is 0 Å². The second-order valence-electron chi connectivity index (χ2n) is 6.05. The second-order valence-corrected chi connectivity index (χ2v) is 6.05. The highest BCUT2D eigenvalue weighted by molar-refractivity contribution is 6.22. The van der Waals surface area contributed by atoms with E-state index in [1.54, 1.807) is 42.5 Å². The molecular weight excluding hydrogens is 335 g/mol. The minimum absolute atomic E-state index is 0.101. The average molecular weight is 356 g/mol. The molecule has 6 heteroatoms. The fraction of sp³-hybridized carbons (Fsp3) is 0.300. The van der Waals surface area contributed by atoms with Gasteiger partial charge in [-0.2, -0.15) is 0 Å². The van der Waals surface area contributed by atoms with Crippen LogP contribution in [0.5, 0.6) is 5.75 Å². The van der Waals surface area contributed by atoms with E-state index in [1.807, 2.05) is 6.92 Å². The van der Waals surface area contributed by atoms with Gasteiger partial charge in [-0.1, -0.05) is 18.2 Å². The van der Waals surface area contributed by atoms with Gasteiger partial charge in [-0.15, -0.1) is 0 Å². The number of carbonyl (C=O) groups excluding carboxylic acids is 2. The molecule has 1 heterocycles. The van der Waals surface area contributed by atoms with Crippen molar-refractivity contribution in [1.82, 2.24) is 5.32 Å². The SMILES string of the molecule is CCOc1ccc(N2C(=O)CC(NCCc3ccccc3F)C2=O)cc1. The van der Waals surface area contributed by atoms with Gasteiger partial charge in [0, 0.05) is 6.54 Å². The molecule has 0 aliphatic carbocycles. The van der Waals surface area contributed by atoms with Crippen LogP contribution in [0.2, 0.25) is 0 Å². The van der Waals surface area contributed by atoms with Crippen LogP contribution in [-0.4, -0.2) is 31.0 Å². The Morgan fingerprint density at radius 3 is 2.58 bits per heavy atom. The Morgan fingerprint density at radius 2 is 1.88 bits per heavy atom. The molecule has 3 rings (SSSR count). The number of hydrogen-bond donors (Lipinski definition) is 1. The first-order valence-electron chi connectivity index (χ1n) is 8.66. The summed E-state index contributed by atoms with van der Waals surface area (Å²) >= 11 is 0. The maximum Gasteiger partial charge on any atom is 0.251 e. The van der Waals surface area contributed by atoms with E-state index in [0.717, 1.165) is 0 Å². The number of anilines is 1. The number of nitrogens with one attached hydrogen (secondary N) is 1. The number of hydrogen-bond acceptors (Lipinski definition) is 4. The first kappa shape index (κ1) is 18.1. The lowest BCUT2D eigenvalue weighted by molar-refractivity contribution is -0.121. The average Bonchev–Trinajstić information content (AvgIpc) is 2.91. The summed E-state index contributed by atoms with van der Waals surface area (Å²) in [6.07, 6.45) is 0.553. The third-order valence-corrected chi connectivity index (χ3v) is 4.30. The summed E-state index contributed by atoms with van der Waals surface area (Å²) in [6, 6.07) is 12.8. The van der Waals surface area contributed by atoms with Gasteiger partial charge in [-0.05, 0) is 49.2 Å². The number of amides is 2. The van der Waals surface area contributed by atoms with Crippen molar-refractivity contribution < 1.29 is 18.7 Å². The number of ether oxygens (including phenoxy) is 1. The summed E-state index contributed by atoms with van der Waals surface area (Å²) < 4.78 is 19.0. The zero-order valence-electron chi connectivity index (χ0n) is 14.6. The van der Waals surface area contributed by atoms with E-state index in [4.69, 9.17) is 4.74 Å². The van der Waals surface area contributed by atoms with Crippen LogP contribution in [0.3, 0.4) is 0 Å². The molecule has 1 N–H and O–H groups in total. The van der Waals surface area contributed by atoms with E-state index in [1.165, 1.54) is 11.0 Å². The van der Waals surface area contributed by atoms with Gasteiger partial charge in [-0.25, -0.2) is 9.29 Å². The Balaban J connectivity index is 1.60. The van der Waals surface area contributed by atoms with Crippen LogP contribution >= 0.6 is 0 Å². The Labute approximate surface area is 151 Å². The highest BCUT2D eigenvalue weighted by atomic mass is 19.1. The van der Waals surface area contributed by atoms with Crippen molar-refractivity contribution in [1.29, 1.82) is 0 Å². The third-order valence-electron chi connectivity index (χ3n) is 4.30. The predicted octanol–water partition coefficient (Wildman–Crippen LogP) is 2.69. The molecule has 1 aliphatic heterocycles. The Bertz CT molecular complexity index is 792. The molecule has 0 aromatic heterocycles. The van der Waals surface area contributed by atoms with Gasteiger partial charge in [-0.3, -0.25) is 9.59 Å². The zero-order valence-corrected chi connectivity index (χ0v) is 14.6. The van der Waals surface area contributed by atoms with Crippen LogP contribution in [0.25, 0.3) is 0 Å². The maximum atomic E-state index is 13.6. The molecule has 1 atom stereocenters. The minimum Gasteiger partial charge on any atom is -0.494 e. The molecule has 0 radical (unpaired) electrons. The molecule has 5 nitrogen and oxygen atoms in total. The zero-order chi connectivity index (χ0) is 18.5. The maximum absolute atomic E-state index is 13.6. The molecule has 1 saturated heterocycles. The van der Waals surface area contributed by atoms with E-state index >= 15 is 0 Å². The highest BCUT2D eigenvalue weighted by Gasteiger charge is 2.39. The Morgan fingerprint density at radius 1 is 1.15 bits per heavy atom. The smallest absolute Gasteiger partial charge is 0.251 e. The fourth-order valence-electron chi connectivity index (χ4n) is 3.00. The lowest BCUT2D eigenvalue weighted by Gasteiger charge is -2.16. The minimum atomic E-state index is -0.583. The lowest BCUT2D eigenvalue weighted by atomic mass is 10.1. The van der Waals surface area contributed by atoms with Crippen molar-refractivity contribution in [2.75, 3.05) is 18.1 Å². The van der Waals surface area contributed by atoms with Crippen LogP contribution < -0.4 is 15.0 Å². The standard InChI is InChI=1S/C20H21FN2O3/c1-2-26-16-9-7-15(8-10-16)23-19(24)13-18(20(23)25)22-12-11-14-5-3-4-6-17(14)21/h3-10,18,22H,2,11-13H2,1H3. The van der Waals surface area contributed by atoms with Gasteiger partial charge in [0.25, 0.3) is 5.91 Å². The molecule has 0 spiro atoms. The van der Waals surface area contributed by atoms with Gasteiger partial charge in [0.05, 0.1) is 24.8 Å². The van der Waals surface area contributed by atoms with Crippen molar-refractivity contribution in [2.45, 2.75) is 25.8 Å². The van der Waals surface area contributed by atoms with E-state index < -0.39 is 6.04 Å². The van der Waals surface area contributed by atoms with Gasteiger partial charge in [0.2, 0.25) is 5.91 Å². The predicted molar refractivity (Wildman–Crippen MR) is 96.6 cm³/mol. The number of halogens is 1. The quantitative estimate of drug-likeness (QED) is 0.775. The molecule has 2 aromatic rings. The van der Waals surface area contributed by atoms with Crippen molar-refractivity contribution in [3.8, 4) is 5.75 Å². The van der Waals surface area contributed by atoms with Crippen LogP contribution in [0.15, 0.2) is 48.5 Å². The molecular formula is C20H21FN2O3. The Kier molecular flexibility index (Phi) is 5.63. The highest BCUT2D eigenvalue weighted by Crippen LogP contribution is 2.25. The summed E-state index contributed by atoms with van der Waals surface area (Å²) in [5.41, 5.74) is 1.11. The fourth-order valence-corrected chi connectivity index (χ4v) is 3.00. The summed E-state index contributed by atoms with van der Waals surface area (Å²) in [6.45, 7) is 2.86.